The lowest BCUT2D eigenvalue weighted by atomic mass is 10.0. The number of nitrogens with zero attached hydrogens (tertiary/aromatic N) is 3. The Bertz CT molecular complexity index is 1880. The number of aliphatic hydroxyl groups excluding tert-OH is 1. The minimum atomic E-state index is -4.79. The highest BCUT2D eigenvalue weighted by Crippen LogP contribution is 2.31. The molecule has 0 aliphatic rings. The summed E-state index contributed by atoms with van der Waals surface area (Å²) in [7, 11) is 0. The van der Waals surface area contributed by atoms with Crippen molar-refractivity contribution < 1.29 is 27.8 Å². The van der Waals surface area contributed by atoms with E-state index in [2.05, 4.69) is 21.9 Å². The smallest absolute Gasteiger partial charge is 0.406 e. The van der Waals surface area contributed by atoms with Crippen LogP contribution in [0, 0.1) is 0 Å². The van der Waals surface area contributed by atoms with Gasteiger partial charge in [0.25, 0.3) is 0 Å². The topological polar surface area (TPSA) is 106 Å². The van der Waals surface area contributed by atoms with Gasteiger partial charge in [-0.1, -0.05) is 54.4 Å². The van der Waals surface area contributed by atoms with Crippen molar-refractivity contribution in [2.24, 2.45) is 5.73 Å². The molecular formula is C36H36Cl2F3N5O3. The molecule has 1 amide bonds. The molecular weight excluding hydrogens is 678 g/mol. The predicted octanol–water partition coefficient (Wildman–Crippen LogP) is 7.87. The zero-order valence-corrected chi connectivity index (χ0v) is 28.2. The number of amides is 1. The largest absolute Gasteiger partial charge is 0.573 e. The maximum absolute atomic E-state index is 12.8. The highest BCUT2D eigenvalue weighted by Gasteiger charge is 2.31. The molecule has 258 valence electrons. The number of carbonyl (C=O) groups excluding carboxylic acids is 1. The van der Waals surface area contributed by atoms with Gasteiger partial charge >= 0.3 is 6.36 Å². The van der Waals surface area contributed by atoms with Gasteiger partial charge in [0.05, 0.1) is 27.7 Å². The molecule has 8 nitrogen and oxygen atoms in total. The van der Waals surface area contributed by atoms with Crippen LogP contribution in [0.3, 0.4) is 0 Å². The molecule has 5 aromatic rings. The van der Waals surface area contributed by atoms with Crippen molar-refractivity contribution in [1.29, 1.82) is 0 Å². The van der Waals surface area contributed by atoms with Gasteiger partial charge in [0, 0.05) is 49.9 Å². The van der Waals surface area contributed by atoms with Crippen molar-refractivity contribution in [3.8, 4) is 17.1 Å². The molecule has 0 saturated carbocycles. The Balaban J connectivity index is 1.51. The number of aliphatic hydroxyl groups is 1. The quantitative estimate of drug-likeness (QED) is 0.102. The Morgan fingerprint density at radius 2 is 1.69 bits per heavy atom. The number of hydrogen-bond acceptors (Lipinski definition) is 6. The van der Waals surface area contributed by atoms with Crippen LogP contribution in [0.25, 0.3) is 22.4 Å². The fourth-order valence-corrected chi connectivity index (χ4v) is 6.03. The molecule has 1 atom stereocenters. The molecule has 0 bridgehead atoms. The number of ether oxygens (including phenoxy) is 1. The van der Waals surface area contributed by atoms with E-state index in [1.54, 1.807) is 24.3 Å². The van der Waals surface area contributed by atoms with E-state index in [1.165, 1.54) is 12.1 Å². The van der Waals surface area contributed by atoms with Crippen LogP contribution in [0.2, 0.25) is 10.0 Å². The lowest BCUT2D eigenvalue weighted by Gasteiger charge is -2.23. The summed E-state index contributed by atoms with van der Waals surface area (Å²) < 4.78 is 44.3. The number of aromatic nitrogens is 2. The highest BCUT2D eigenvalue weighted by atomic mass is 35.5. The molecule has 0 aliphatic carbocycles. The Labute approximate surface area is 292 Å². The second-order valence-electron chi connectivity index (χ2n) is 11.6. The van der Waals surface area contributed by atoms with Crippen LogP contribution >= 0.6 is 23.2 Å². The minimum absolute atomic E-state index is 0.0335. The Hall–Kier alpha value is -4.29. The Morgan fingerprint density at radius 3 is 2.33 bits per heavy atom. The van der Waals surface area contributed by atoms with Crippen molar-refractivity contribution >= 4 is 45.8 Å². The fraction of sp³-hybridized carbons (Fsp3) is 0.278. The van der Waals surface area contributed by atoms with Crippen LogP contribution in [0.1, 0.15) is 42.5 Å². The van der Waals surface area contributed by atoms with Gasteiger partial charge in [0.2, 0.25) is 5.91 Å². The number of benzene rings is 4. The molecule has 49 heavy (non-hydrogen) atoms. The Morgan fingerprint density at radius 1 is 0.980 bits per heavy atom. The molecule has 4 N–H and O–H groups in total. The Kier molecular flexibility index (Phi) is 11.7. The molecule has 1 aromatic heterocycles. The first-order valence-electron chi connectivity index (χ1n) is 15.7. The third-order valence-electron chi connectivity index (χ3n) is 7.97. The molecule has 0 saturated heterocycles. The minimum Gasteiger partial charge on any atom is -0.406 e. The van der Waals surface area contributed by atoms with E-state index in [0.29, 0.717) is 41.0 Å². The average Bonchev–Trinajstić information content (AvgIpc) is 3.42. The van der Waals surface area contributed by atoms with Gasteiger partial charge in [0.15, 0.2) is 0 Å². The maximum Gasteiger partial charge on any atom is 0.573 e. The van der Waals surface area contributed by atoms with E-state index < -0.39 is 18.3 Å². The van der Waals surface area contributed by atoms with Crippen molar-refractivity contribution in [3.05, 3.63) is 112 Å². The summed E-state index contributed by atoms with van der Waals surface area (Å²) in [6, 6.07) is 24.2. The number of imidazole rings is 1. The molecule has 5 rings (SSSR count). The van der Waals surface area contributed by atoms with Crippen molar-refractivity contribution in [2.75, 3.05) is 24.6 Å². The molecule has 1 unspecified atom stereocenters. The van der Waals surface area contributed by atoms with E-state index in [-0.39, 0.29) is 18.8 Å². The fourth-order valence-electron chi connectivity index (χ4n) is 5.70. The zero-order chi connectivity index (χ0) is 35.1. The van der Waals surface area contributed by atoms with Crippen LogP contribution in [-0.4, -0.2) is 46.6 Å². The van der Waals surface area contributed by atoms with Gasteiger partial charge in [-0.05, 0) is 83.8 Å². The first-order chi connectivity index (χ1) is 23.4. The van der Waals surface area contributed by atoms with Crippen molar-refractivity contribution in [2.45, 2.75) is 45.3 Å². The van der Waals surface area contributed by atoms with E-state index in [9.17, 15) is 23.1 Å². The summed E-state index contributed by atoms with van der Waals surface area (Å²) in [6.07, 6.45) is -3.83. The third kappa shape index (κ3) is 9.45. The van der Waals surface area contributed by atoms with Crippen LogP contribution < -0.4 is 20.7 Å². The molecule has 0 fully saturated rings. The molecule has 0 aliphatic heterocycles. The van der Waals surface area contributed by atoms with E-state index in [1.807, 2.05) is 53.1 Å². The molecule has 4 aromatic carbocycles. The number of hydrogen-bond donors (Lipinski definition) is 3. The number of carbonyl (C=O) groups is 1. The summed E-state index contributed by atoms with van der Waals surface area (Å²) in [5, 5.41) is 13.8. The highest BCUT2D eigenvalue weighted by molar-refractivity contribution is 6.42. The SMILES string of the molecule is CCCN(CCO)c1ccc(-c2nc3cc(C(CC(N)=O)NCc4ccc(Cl)c(Cl)c4)ccc3n2Cc2ccc(OC(F)(F)F)cc2)cc1. The number of nitrogens with one attached hydrogen (secondary N) is 1. The summed E-state index contributed by atoms with van der Waals surface area (Å²) in [5.41, 5.74) is 11.3. The first-order valence-corrected chi connectivity index (χ1v) is 16.5. The van der Waals surface area contributed by atoms with Crippen LogP contribution in [-0.2, 0) is 17.9 Å². The zero-order valence-electron chi connectivity index (χ0n) is 26.7. The van der Waals surface area contributed by atoms with Gasteiger partial charge in [-0.2, -0.15) is 0 Å². The normalized spacial score (nSPS) is 12.3. The monoisotopic (exact) mass is 713 g/mol. The molecule has 0 radical (unpaired) electrons. The van der Waals surface area contributed by atoms with Gasteiger partial charge < -0.3 is 30.4 Å². The first kappa shape index (κ1) is 36.0. The second-order valence-corrected chi connectivity index (χ2v) is 12.4. The standard InChI is InChI=1S/C36H36Cl2F3N5O3/c1-2-15-45(16-17-47)27-9-6-25(7-10-27)35-44-32-19-26(31(20-34(42)48)43-21-24-5-13-29(37)30(38)18-24)8-14-33(32)46(35)22-23-3-11-28(12-4-23)49-36(39,40)41/h3-14,18-19,31,43,47H,2,15-17,20-22H2,1H3,(H2,42,48). The molecule has 0 spiro atoms. The van der Waals surface area contributed by atoms with Gasteiger partial charge in [-0.3, -0.25) is 4.79 Å². The average molecular weight is 715 g/mol. The van der Waals surface area contributed by atoms with Gasteiger partial charge in [-0.25, -0.2) is 4.98 Å². The van der Waals surface area contributed by atoms with Gasteiger partial charge in [-0.15, -0.1) is 13.2 Å². The summed E-state index contributed by atoms with van der Waals surface area (Å²) in [5.74, 6) is -0.136. The summed E-state index contributed by atoms with van der Waals surface area (Å²) in [4.78, 5) is 19.2. The number of rotatable bonds is 15. The van der Waals surface area contributed by atoms with Crippen LogP contribution in [0.15, 0.2) is 84.9 Å². The lowest BCUT2D eigenvalue weighted by Crippen LogP contribution is -2.27. The second kappa shape index (κ2) is 15.9. The van der Waals surface area contributed by atoms with Crippen molar-refractivity contribution in [3.63, 3.8) is 0 Å². The van der Waals surface area contributed by atoms with Gasteiger partial charge in [0.1, 0.15) is 11.6 Å². The number of anilines is 1. The number of fused-ring (bicyclic) bond motifs is 1. The molecule has 1 heterocycles. The summed E-state index contributed by atoms with van der Waals surface area (Å²) >= 11 is 12.3. The van der Waals surface area contributed by atoms with Crippen molar-refractivity contribution in [1.82, 2.24) is 14.9 Å². The molecule has 13 heteroatoms. The predicted molar refractivity (Wildman–Crippen MR) is 187 cm³/mol. The number of primary amides is 1. The van der Waals surface area contributed by atoms with E-state index >= 15 is 0 Å². The number of nitrogens with two attached hydrogens (primary N) is 1. The number of halogens is 5. The third-order valence-corrected chi connectivity index (χ3v) is 8.71. The van der Waals surface area contributed by atoms with Crippen LogP contribution in [0.4, 0.5) is 18.9 Å². The summed E-state index contributed by atoms with van der Waals surface area (Å²) in [6.45, 7) is 4.12. The van der Waals surface area contributed by atoms with Crippen LogP contribution in [0.5, 0.6) is 5.75 Å². The number of alkyl halides is 3. The van der Waals surface area contributed by atoms with E-state index in [0.717, 1.165) is 46.4 Å². The maximum atomic E-state index is 12.8. The lowest BCUT2D eigenvalue weighted by molar-refractivity contribution is -0.274. The van der Waals surface area contributed by atoms with E-state index in [4.69, 9.17) is 33.9 Å².